The van der Waals surface area contributed by atoms with Gasteiger partial charge in [-0.2, -0.15) is 0 Å². The zero-order chi connectivity index (χ0) is 13.5. The molecule has 2 N–H and O–H groups in total. The van der Waals surface area contributed by atoms with Crippen LogP contribution < -0.4 is 5.73 Å². The number of hydrogen-bond acceptors (Lipinski definition) is 1. The quantitative estimate of drug-likeness (QED) is 0.377. The van der Waals surface area contributed by atoms with Crippen LogP contribution in [0.3, 0.4) is 0 Å². The van der Waals surface area contributed by atoms with E-state index in [9.17, 15) is 0 Å². The molecule has 0 radical (unpaired) electrons. The lowest BCUT2D eigenvalue weighted by Gasteiger charge is -2.11. The lowest BCUT2D eigenvalue weighted by Crippen LogP contribution is -2.19. The lowest BCUT2D eigenvalue weighted by atomic mass is 10.0. The first-order valence-electron chi connectivity index (χ1n) is 8.56. The minimum Gasteiger partial charge on any atom is -0.328 e. The normalized spacial score (nSPS) is 10.7. The zero-order valence-electron chi connectivity index (χ0n) is 13.5. The van der Waals surface area contributed by atoms with Crippen molar-refractivity contribution in [1.82, 2.24) is 0 Å². The number of rotatable bonds is 14. The van der Waals surface area contributed by atoms with Crippen LogP contribution in [0, 0.1) is 0 Å². The molecular formula is C17H38ClN. The number of hydrogen-bond donors (Lipinski definition) is 1. The summed E-state index contributed by atoms with van der Waals surface area (Å²) in [6.45, 7) is 4.55. The highest BCUT2D eigenvalue weighted by Gasteiger charge is 2.02. The fourth-order valence-corrected chi connectivity index (χ4v) is 2.52. The molecule has 19 heavy (non-hydrogen) atoms. The van der Waals surface area contributed by atoms with Gasteiger partial charge < -0.3 is 5.73 Å². The molecule has 0 aromatic heterocycles. The monoisotopic (exact) mass is 291 g/mol. The van der Waals surface area contributed by atoms with Gasteiger partial charge in [0.1, 0.15) is 0 Å². The molecule has 0 amide bonds. The SMILES string of the molecule is CCCCCCCCC(N)CCCCCCCC.Cl. The second kappa shape index (κ2) is 18.2. The maximum atomic E-state index is 6.16. The molecule has 0 rings (SSSR count). The van der Waals surface area contributed by atoms with E-state index in [0.717, 1.165) is 0 Å². The van der Waals surface area contributed by atoms with Gasteiger partial charge in [-0.05, 0) is 12.8 Å². The fourth-order valence-electron chi connectivity index (χ4n) is 2.52. The Morgan fingerprint density at radius 3 is 1.26 bits per heavy atom. The van der Waals surface area contributed by atoms with Gasteiger partial charge in [-0.15, -0.1) is 12.4 Å². The van der Waals surface area contributed by atoms with Crippen molar-refractivity contribution in [2.75, 3.05) is 0 Å². The van der Waals surface area contributed by atoms with Crippen molar-refractivity contribution in [3.63, 3.8) is 0 Å². The lowest BCUT2D eigenvalue weighted by molar-refractivity contribution is 0.484. The Balaban J connectivity index is 0. The van der Waals surface area contributed by atoms with E-state index in [-0.39, 0.29) is 12.4 Å². The van der Waals surface area contributed by atoms with Gasteiger partial charge in [-0.3, -0.25) is 0 Å². The van der Waals surface area contributed by atoms with Gasteiger partial charge in [0.2, 0.25) is 0 Å². The predicted molar refractivity (Wildman–Crippen MR) is 91.2 cm³/mol. The van der Waals surface area contributed by atoms with Crippen LogP contribution in [0.5, 0.6) is 0 Å². The molecule has 0 aliphatic carbocycles. The molecule has 0 spiro atoms. The first-order chi connectivity index (χ1) is 8.81. The van der Waals surface area contributed by atoms with Crippen LogP contribution in [0.15, 0.2) is 0 Å². The Kier molecular flexibility index (Phi) is 20.7. The maximum Gasteiger partial charge on any atom is 0.00388 e. The van der Waals surface area contributed by atoms with Crippen LogP contribution in [-0.4, -0.2) is 6.04 Å². The Bertz CT molecular complexity index is 134. The Morgan fingerprint density at radius 2 is 0.895 bits per heavy atom. The van der Waals surface area contributed by atoms with E-state index in [4.69, 9.17) is 5.73 Å². The van der Waals surface area contributed by atoms with Gasteiger partial charge in [0.15, 0.2) is 0 Å². The zero-order valence-corrected chi connectivity index (χ0v) is 14.3. The largest absolute Gasteiger partial charge is 0.328 e. The third-order valence-electron chi connectivity index (χ3n) is 3.86. The molecule has 1 nitrogen and oxygen atoms in total. The summed E-state index contributed by atoms with van der Waals surface area (Å²) < 4.78 is 0. The average molecular weight is 292 g/mol. The molecule has 118 valence electrons. The van der Waals surface area contributed by atoms with Crippen LogP contribution >= 0.6 is 12.4 Å². The second-order valence-electron chi connectivity index (χ2n) is 5.87. The fraction of sp³-hybridized carbons (Fsp3) is 1.00. The van der Waals surface area contributed by atoms with Crippen molar-refractivity contribution >= 4 is 12.4 Å². The van der Waals surface area contributed by atoms with E-state index in [0.29, 0.717) is 6.04 Å². The topological polar surface area (TPSA) is 26.0 Å². The second-order valence-corrected chi connectivity index (χ2v) is 5.87. The third kappa shape index (κ3) is 18.2. The predicted octanol–water partition coefficient (Wildman–Crippen LogP) is 6.24. The molecule has 0 aromatic rings. The summed E-state index contributed by atoms with van der Waals surface area (Å²) in [4.78, 5) is 0. The smallest absolute Gasteiger partial charge is 0.00388 e. The molecular weight excluding hydrogens is 254 g/mol. The average Bonchev–Trinajstić information content (AvgIpc) is 2.38. The molecule has 0 aliphatic heterocycles. The van der Waals surface area contributed by atoms with Gasteiger partial charge in [0, 0.05) is 6.04 Å². The molecule has 0 unspecified atom stereocenters. The van der Waals surface area contributed by atoms with E-state index >= 15 is 0 Å². The number of nitrogens with two attached hydrogens (primary N) is 1. The maximum absolute atomic E-state index is 6.16. The van der Waals surface area contributed by atoms with E-state index < -0.39 is 0 Å². The molecule has 0 heterocycles. The van der Waals surface area contributed by atoms with Gasteiger partial charge >= 0.3 is 0 Å². The number of halogens is 1. The summed E-state index contributed by atoms with van der Waals surface area (Å²) in [6, 6.07) is 0.474. The highest BCUT2D eigenvalue weighted by atomic mass is 35.5. The van der Waals surface area contributed by atoms with E-state index in [2.05, 4.69) is 13.8 Å². The Morgan fingerprint density at radius 1 is 0.579 bits per heavy atom. The molecule has 0 fully saturated rings. The van der Waals surface area contributed by atoms with Crippen molar-refractivity contribution in [1.29, 1.82) is 0 Å². The Labute approximate surface area is 128 Å². The Hall–Kier alpha value is 0.250. The van der Waals surface area contributed by atoms with Crippen molar-refractivity contribution in [3.8, 4) is 0 Å². The van der Waals surface area contributed by atoms with E-state index in [1.165, 1.54) is 89.9 Å². The highest BCUT2D eigenvalue weighted by Crippen LogP contribution is 2.12. The van der Waals surface area contributed by atoms with Crippen LogP contribution in [0.25, 0.3) is 0 Å². The third-order valence-corrected chi connectivity index (χ3v) is 3.86. The van der Waals surface area contributed by atoms with Crippen molar-refractivity contribution < 1.29 is 0 Å². The molecule has 0 aromatic carbocycles. The van der Waals surface area contributed by atoms with Crippen LogP contribution in [0.1, 0.15) is 104 Å². The summed E-state index contributed by atoms with van der Waals surface area (Å²) >= 11 is 0. The number of unbranched alkanes of at least 4 members (excludes halogenated alkanes) is 10. The van der Waals surface area contributed by atoms with Gasteiger partial charge in [-0.25, -0.2) is 0 Å². The summed E-state index contributed by atoms with van der Waals surface area (Å²) in [5, 5.41) is 0. The van der Waals surface area contributed by atoms with Gasteiger partial charge in [-0.1, -0.05) is 90.9 Å². The summed E-state index contributed by atoms with van der Waals surface area (Å²) in [7, 11) is 0. The summed E-state index contributed by atoms with van der Waals surface area (Å²) in [6.07, 6.45) is 19.2. The van der Waals surface area contributed by atoms with E-state index in [1.54, 1.807) is 0 Å². The molecule has 0 saturated carbocycles. The molecule has 2 heteroatoms. The van der Waals surface area contributed by atoms with Crippen molar-refractivity contribution in [2.45, 2.75) is 110 Å². The standard InChI is InChI=1S/C17H37N.ClH/c1-3-5-7-9-11-13-15-17(18)16-14-12-10-8-6-4-2;/h17H,3-16,18H2,1-2H3;1H. The van der Waals surface area contributed by atoms with Crippen LogP contribution in [0.4, 0.5) is 0 Å². The summed E-state index contributed by atoms with van der Waals surface area (Å²) in [5.74, 6) is 0. The van der Waals surface area contributed by atoms with Crippen LogP contribution in [0.2, 0.25) is 0 Å². The molecule has 0 atom stereocenters. The van der Waals surface area contributed by atoms with Crippen molar-refractivity contribution in [2.24, 2.45) is 5.73 Å². The highest BCUT2D eigenvalue weighted by molar-refractivity contribution is 5.85. The minimum atomic E-state index is 0. The van der Waals surface area contributed by atoms with Gasteiger partial charge in [0.25, 0.3) is 0 Å². The first-order valence-corrected chi connectivity index (χ1v) is 8.56. The minimum absolute atomic E-state index is 0. The molecule has 0 bridgehead atoms. The molecule has 0 aliphatic rings. The van der Waals surface area contributed by atoms with E-state index in [1.807, 2.05) is 0 Å². The summed E-state index contributed by atoms with van der Waals surface area (Å²) in [5.41, 5.74) is 6.16. The molecule has 0 saturated heterocycles. The van der Waals surface area contributed by atoms with Gasteiger partial charge in [0.05, 0.1) is 0 Å². The van der Waals surface area contributed by atoms with Crippen molar-refractivity contribution in [3.05, 3.63) is 0 Å². The first kappa shape index (κ1) is 21.5. The van der Waals surface area contributed by atoms with Crippen LogP contribution in [-0.2, 0) is 0 Å².